The van der Waals surface area contributed by atoms with E-state index >= 15 is 0 Å². The molecule has 6 nitrogen and oxygen atoms in total. The highest BCUT2D eigenvalue weighted by Crippen LogP contribution is 2.29. The molecule has 0 fully saturated rings. The fourth-order valence-electron chi connectivity index (χ4n) is 2.36. The molecule has 0 spiro atoms. The molecule has 0 unspecified atom stereocenters. The number of aryl methyl sites for hydroxylation is 1. The Morgan fingerprint density at radius 3 is 2.21 bits per heavy atom. The summed E-state index contributed by atoms with van der Waals surface area (Å²) in [5.41, 5.74) is 1.67. The molecule has 0 saturated heterocycles. The maximum absolute atomic E-state index is 12.7. The first-order chi connectivity index (χ1) is 13.7. The minimum atomic E-state index is -4.59. The summed E-state index contributed by atoms with van der Waals surface area (Å²) >= 11 is 0.870. The van der Waals surface area contributed by atoms with Gasteiger partial charge in [-0.05, 0) is 43.3 Å². The normalized spacial score (nSPS) is 11.3. The molecule has 1 amide bonds. The number of ether oxygens (including phenoxy) is 1. The number of rotatable bonds is 6. The van der Waals surface area contributed by atoms with Crippen LogP contribution in [0.2, 0.25) is 0 Å². The van der Waals surface area contributed by atoms with Crippen molar-refractivity contribution in [3.05, 3.63) is 59.9 Å². The van der Waals surface area contributed by atoms with E-state index in [0.717, 1.165) is 21.9 Å². The van der Waals surface area contributed by atoms with Crippen LogP contribution in [-0.4, -0.2) is 26.4 Å². The number of carbonyl (C=O) groups excluding carboxylic acids is 1. The number of anilines is 1. The van der Waals surface area contributed by atoms with Crippen molar-refractivity contribution in [3.63, 3.8) is 0 Å². The fourth-order valence-corrected chi connectivity index (χ4v) is 3.07. The first kappa shape index (κ1) is 20.7. The molecule has 29 heavy (non-hydrogen) atoms. The molecule has 0 bridgehead atoms. The quantitative estimate of drug-likeness (QED) is 0.585. The van der Waals surface area contributed by atoms with Crippen molar-refractivity contribution < 1.29 is 22.7 Å². The lowest BCUT2D eigenvalue weighted by Crippen LogP contribution is -2.15. The maximum Gasteiger partial charge on any atom is 0.451 e. The Hall–Kier alpha value is -3.01. The lowest BCUT2D eigenvalue weighted by atomic mass is 10.2. The monoisotopic (exact) mass is 422 g/mol. The third-order valence-corrected chi connectivity index (χ3v) is 4.84. The SMILES string of the molecule is Cc1ccc(Oc2ccc(NC(=O)CSc3nnc(C(F)(F)F)n3C)cc2)cc1. The number of benzene rings is 2. The van der Waals surface area contributed by atoms with Crippen LogP contribution in [0.15, 0.2) is 53.7 Å². The zero-order valence-electron chi connectivity index (χ0n) is 15.5. The third-order valence-electron chi connectivity index (χ3n) is 3.82. The molecule has 0 aliphatic heterocycles. The van der Waals surface area contributed by atoms with E-state index in [2.05, 4.69) is 15.5 Å². The first-order valence-electron chi connectivity index (χ1n) is 8.46. The molecule has 1 N–H and O–H groups in total. The van der Waals surface area contributed by atoms with Crippen molar-refractivity contribution in [3.8, 4) is 11.5 Å². The predicted molar refractivity (Wildman–Crippen MR) is 103 cm³/mol. The second-order valence-electron chi connectivity index (χ2n) is 6.14. The number of thioether (sulfide) groups is 1. The van der Waals surface area contributed by atoms with Gasteiger partial charge in [-0.1, -0.05) is 29.5 Å². The summed E-state index contributed by atoms with van der Waals surface area (Å²) in [6, 6.07) is 14.4. The van der Waals surface area contributed by atoms with E-state index in [1.807, 2.05) is 31.2 Å². The van der Waals surface area contributed by atoms with Gasteiger partial charge in [-0.15, -0.1) is 10.2 Å². The van der Waals surface area contributed by atoms with Gasteiger partial charge in [-0.25, -0.2) is 0 Å². The molecule has 152 valence electrons. The van der Waals surface area contributed by atoms with Crippen LogP contribution < -0.4 is 10.1 Å². The summed E-state index contributed by atoms with van der Waals surface area (Å²) < 4.78 is 44.7. The van der Waals surface area contributed by atoms with Crippen molar-refractivity contribution in [1.29, 1.82) is 0 Å². The van der Waals surface area contributed by atoms with E-state index in [1.165, 1.54) is 7.05 Å². The van der Waals surface area contributed by atoms with Crippen LogP contribution in [0.25, 0.3) is 0 Å². The van der Waals surface area contributed by atoms with Crippen LogP contribution in [0, 0.1) is 6.92 Å². The molecule has 3 rings (SSSR count). The van der Waals surface area contributed by atoms with E-state index in [4.69, 9.17) is 4.74 Å². The number of aromatic nitrogens is 3. The standard InChI is InChI=1S/C19H17F3N4O2S/c1-12-3-7-14(8-4-12)28-15-9-5-13(6-10-15)23-16(27)11-29-18-25-24-17(26(18)2)19(20,21)22/h3-10H,11H2,1-2H3,(H,23,27). The van der Waals surface area contributed by atoms with Gasteiger partial charge in [0.25, 0.3) is 0 Å². The van der Waals surface area contributed by atoms with E-state index in [0.29, 0.717) is 17.2 Å². The summed E-state index contributed by atoms with van der Waals surface area (Å²) in [5.74, 6) is -0.278. The number of nitrogens with zero attached hydrogens (tertiary/aromatic N) is 3. The first-order valence-corrected chi connectivity index (χ1v) is 9.45. The van der Waals surface area contributed by atoms with Gasteiger partial charge in [0.15, 0.2) is 5.16 Å². The molecular formula is C19H17F3N4O2S. The molecule has 0 radical (unpaired) electrons. The highest BCUT2D eigenvalue weighted by atomic mass is 32.2. The summed E-state index contributed by atoms with van der Waals surface area (Å²) in [7, 11) is 1.20. The number of hydrogen-bond donors (Lipinski definition) is 1. The molecule has 2 aromatic carbocycles. The van der Waals surface area contributed by atoms with Crippen LogP contribution in [0.3, 0.4) is 0 Å². The lowest BCUT2D eigenvalue weighted by Gasteiger charge is -2.09. The van der Waals surface area contributed by atoms with Crippen molar-refractivity contribution in [2.24, 2.45) is 7.05 Å². The van der Waals surface area contributed by atoms with Gasteiger partial charge in [0.05, 0.1) is 5.75 Å². The van der Waals surface area contributed by atoms with E-state index < -0.39 is 12.0 Å². The van der Waals surface area contributed by atoms with Crippen molar-refractivity contribution in [2.75, 3.05) is 11.1 Å². The minimum Gasteiger partial charge on any atom is -0.457 e. The molecule has 1 aromatic heterocycles. The van der Waals surface area contributed by atoms with Gasteiger partial charge < -0.3 is 14.6 Å². The predicted octanol–water partition coefficient (Wildman–Crippen LogP) is 4.67. The molecule has 0 aliphatic rings. The largest absolute Gasteiger partial charge is 0.457 e. The van der Waals surface area contributed by atoms with Crippen LogP contribution in [0.1, 0.15) is 11.4 Å². The van der Waals surface area contributed by atoms with Gasteiger partial charge in [-0.3, -0.25) is 4.79 Å². The average Bonchev–Trinajstić information content (AvgIpc) is 3.04. The van der Waals surface area contributed by atoms with Crippen LogP contribution >= 0.6 is 11.8 Å². The van der Waals surface area contributed by atoms with Crippen LogP contribution in [-0.2, 0) is 18.0 Å². The lowest BCUT2D eigenvalue weighted by molar-refractivity contribution is -0.147. The minimum absolute atomic E-state index is 0.00863. The molecule has 3 aromatic rings. The summed E-state index contributed by atoms with van der Waals surface area (Å²) in [6.07, 6.45) is -4.59. The third kappa shape index (κ3) is 5.50. The summed E-state index contributed by atoms with van der Waals surface area (Å²) in [4.78, 5) is 12.1. The van der Waals surface area contributed by atoms with Gasteiger partial charge in [0.2, 0.25) is 11.7 Å². The Bertz CT molecular complexity index is 986. The Labute approximate surface area is 169 Å². The molecule has 10 heteroatoms. The Balaban J connectivity index is 1.53. The van der Waals surface area contributed by atoms with E-state index in [1.54, 1.807) is 24.3 Å². The maximum atomic E-state index is 12.7. The summed E-state index contributed by atoms with van der Waals surface area (Å²) in [5, 5.41) is 9.28. The molecule has 0 atom stereocenters. The van der Waals surface area contributed by atoms with Crippen LogP contribution in [0.5, 0.6) is 11.5 Å². The number of hydrogen-bond acceptors (Lipinski definition) is 5. The fraction of sp³-hybridized carbons (Fsp3) is 0.211. The average molecular weight is 422 g/mol. The number of halogens is 3. The zero-order valence-corrected chi connectivity index (χ0v) is 16.3. The number of alkyl halides is 3. The molecule has 1 heterocycles. The van der Waals surface area contributed by atoms with Crippen molar-refractivity contribution >= 4 is 23.4 Å². The number of nitrogens with one attached hydrogen (secondary N) is 1. The highest BCUT2D eigenvalue weighted by molar-refractivity contribution is 7.99. The van der Waals surface area contributed by atoms with Gasteiger partial charge in [-0.2, -0.15) is 13.2 Å². The van der Waals surface area contributed by atoms with Gasteiger partial charge in [0, 0.05) is 12.7 Å². The van der Waals surface area contributed by atoms with Crippen molar-refractivity contribution in [2.45, 2.75) is 18.3 Å². The number of carbonyl (C=O) groups is 1. The van der Waals surface area contributed by atoms with E-state index in [-0.39, 0.29) is 16.8 Å². The van der Waals surface area contributed by atoms with Gasteiger partial charge >= 0.3 is 6.18 Å². The van der Waals surface area contributed by atoms with E-state index in [9.17, 15) is 18.0 Å². The molecule has 0 aliphatic carbocycles. The Morgan fingerprint density at radius 2 is 1.66 bits per heavy atom. The highest BCUT2D eigenvalue weighted by Gasteiger charge is 2.37. The Kier molecular flexibility index (Phi) is 6.12. The second-order valence-corrected chi connectivity index (χ2v) is 7.08. The van der Waals surface area contributed by atoms with Crippen molar-refractivity contribution in [1.82, 2.24) is 14.8 Å². The number of amides is 1. The van der Waals surface area contributed by atoms with Gasteiger partial charge in [0.1, 0.15) is 11.5 Å². The second kappa shape index (κ2) is 8.56. The van der Waals surface area contributed by atoms with Crippen LogP contribution in [0.4, 0.5) is 18.9 Å². The Morgan fingerprint density at radius 1 is 1.07 bits per heavy atom. The summed E-state index contributed by atoms with van der Waals surface area (Å²) in [6.45, 7) is 1.99. The topological polar surface area (TPSA) is 69.0 Å². The molecular weight excluding hydrogens is 405 g/mol. The molecule has 0 saturated carbocycles. The zero-order chi connectivity index (χ0) is 21.0. The smallest absolute Gasteiger partial charge is 0.451 e.